The van der Waals surface area contributed by atoms with E-state index in [4.69, 9.17) is 4.74 Å². The van der Waals surface area contributed by atoms with E-state index in [1.165, 1.54) is 5.56 Å². The molecule has 0 amide bonds. The van der Waals surface area contributed by atoms with Crippen molar-refractivity contribution < 1.29 is 9.84 Å². The van der Waals surface area contributed by atoms with Gasteiger partial charge in [-0.3, -0.25) is 0 Å². The van der Waals surface area contributed by atoms with Gasteiger partial charge in [0.1, 0.15) is 0 Å². The molecule has 1 saturated carbocycles. The molecule has 0 spiro atoms. The van der Waals surface area contributed by atoms with Gasteiger partial charge in [0, 0.05) is 0 Å². The van der Waals surface area contributed by atoms with Crippen molar-refractivity contribution >= 4 is 0 Å². The fourth-order valence-corrected chi connectivity index (χ4v) is 2.28. The number of aliphatic hydroxyl groups excluding tert-OH is 1. The largest absolute Gasteiger partial charge is 0.390 e. The molecule has 0 aliphatic heterocycles. The van der Waals surface area contributed by atoms with Crippen LogP contribution in [0.1, 0.15) is 32.3 Å². The van der Waals surface area contributed by atoms with Crippen LogP contribution in [0.3, 0.4) is 0 Å². The van der Waals surface area contributed by atoms with Crippen LogP contribution in [-0.2, 0) is 11.3 Å². The molecule has 1 aromatic carbocycles. The fourth-order valence-electron chi connectivity index (χ4n) is 2.28. The Morgan fingerprint density at radius 1 is 1.31 bits per heavy atom. The minimum atomic E-state index is -0.337. The molecule has 2 heteroatoms. The summed E-state index contributed by atoms with van der Waals surface area (Å²) in [7, 11) is 0. The quantitative estimate of drug-likeness (QED) is 0.848. The third-order valence-electron chi connectivity index (χ3n) is 3.53. The highest BCUT2D eigenvalue weighted by Crippen LogP contribution is 2.39. The van der Waals surface area contributed by atoms with E-state index in [1.807, 2.05) is 30.3 Å². The number of hydrogen-bond donors (Lipinski definition) is 1. The highest BCUT2D eigenvalue weighted by atomic mass is 16.5. The van der Waals surface area contributed by atoms with E-state index in [0.29, 0.717) is 6.61 Å². The van der Waals surface area contributed by atoms with Gasteiger partial charge in [0.2, 0.25) is 0 Å². The van der Waals surface area contributed by atoms with E-state index in [0.717, 1.165) is 12.8 Å². The standard InChI is InChI=1S/C14H20O2/c1-14(2)9-8-12(13(14)15)16-10-11-6-4-3-5-7-11/h3-7,12-13,15H,8-10H2,1-2H3. The zero-order valence-corrected chi connectivity index (χ0v) is 10.0. The molecule has 2 nitrogen and oxygen atoms in total. The second-order valence-electron chi connectivity index (χ2n) is 5.31. The van der Waals surface area contributed by atoms with Crippen molar-refractivity contribution in [3.8, 4) is 0 Å². The third-order valence-corrected chi connectivity index (χ3v) is 3.53. The molecule has 88 valence electrons. The van der Waals surface area contributed by atoms with Gasteiger partial charge in [-0.15, -0.1) is 0 Å². The van der Waals surface area contributed by atoms with Crippen LogP contribution in [0.25, 0.3) is 0 Å². The van der Waals surface area contributed by atoms with Crippen LogP contribution >= 0.6 is 0 Å². The first-order valence-electron chi connectivity index (χ1n) is 5.93. The van der Waals surface area contributed by atoms with Gasteiger partial charge < -0.3 is 9.84 Å². The molecule has 0 aromatic heterocycles. The lowest BCUT2D eigenvalue weighted by Crippen LogP contribution is -2.32. The maximum Gasteiger partial charge on any atom is 0.0852 e. The molecular weight excluding hydrogens is 200 g/mol. The Bertz CT molecular complexity index is 332. The summed E-state index contributed by atoms with van der Waals surface area (Å²) in [5.74, 6) is 0. The lowest BCUT2D eigenvalue weighted by Gasteiger charge is -2.25. The van der Waals surface area contributed by atoms with E-state index in [2.05, 4.69) is 13.8 Å². The van der Waals surface area contributed by atoms with Gasteiger partial charge in [-0.05, 0) is 23.8 Å². The maximum absolute atomic E-state index is 10.1. The molecule has 1 aliphatic carbocycles. The van der Waals surface area contributed by atoms with E-state index in [9.17, 15) is 5.11 Å². The van der Waals surface area contributed by atoms with Crippen LogP contribution in [0, 0.1) is 5.41 Å². The van der Waals surface area contributed by atoms with Gasteiger partial charge in [-0.25, -0.2) is 0 Å². The second-order valence-corrected chi connectivity index (χ2v) is 5.31. The van der Waals surface area contributed by atoms with Crippen LogP contribution < -0.4 is 0 Å². The zero-order valence-electron chi connectivity index (χ0n) is 10.0. The maximum atomic E-state index is 10.1. The van der Waals surface area contributed by atoms with Crippen molar-refractivity contribution in [2.45, 2.75) is 45.5 Å². The molecule has 1 aromatic rings. The minimum absolute atomic E-state index is 0.00134. The van der Waals surface area contributed by atoms with Crippen LogP contribution in [0.15, 0.2) is 30.3 Å². The van der Waals surface area contributed by atoms with E-state index >= 15 is 0 Å². The summed E-state index contributed by atoms with van der Waals surface area (Å²) in [5.41, 5.74) is 1.17. The lowest BCUT2D eigenvalue weighted by molar-refractivity contribution is -0.0565. The zero-order chi connectivity index (χ0) is 11.6. The minimum Gasteiger partial charge on any atom is -0.390 e. The summed E-state index contributed by atoms with van der Waals surface area (Å²) >= 11 is 0. The number of benzene rings is 1. The van der Waals surface area contributed by atoms with Crippen molar-refractivity contribution in [1.29, 1.82) is 0 Å². The molecule has 16 heavy (non-hydrogen) atoms. The predicted molar refractivity (Wildman–Crippen MR) is 64.0 cm³/mol. The average molecular weight is 220 g/mol. The van der Waals surface area contributed by atoms with Crippen molar-refractivity contribution in [2.24, 2.45) is 5.41 Å². The predicted octanol–water partition coefficient (Wildman–Crippen LogP) is 2.75. The summed E-state index contributed by atoms with van der Waals surface area (Å²) in [5, 5.41) is 10.1. The van der Waals surface area contributed by atoms with E-state index in [-0.39, 0.29) is 17.6 Å². The smallest absolute Gasteiger partial charge is 0.0852 e. The lowest BCUT2D eigenvalue weighted by atomic mass is 9.89. The van der Waals surface area contributed by atoms with Gasteiger partial charge >= 0.3 is 0 Å². The summed E-state index contributed by atoms with van der Waals surface area (Å²) in [6.45, 7) is 4.80. The molecular formula is C14H20O2. The van der Waals surface area contributed by atoms with Crippen molar-refractivity contribution in [2.75, 3.05) is 0 Å². The van der Waals surface area contributed by atoms with E-state index < -0.39 is 0 Å². The molecule has 0 saturated heterocycles. The Morgan fingerprint density at radius 3 is 2.56 bits per heavy atom. The summed E-state index contributed by atoms with van der Waals surface area (Å²) in [4.78, 5) is 0. The van der Waals surface area contributed by atoms with Gasteiger partial charge in [0.05, 0.1) is 18.8 Å². The second kappa shape index (κ2) is 4.56. The van der Waals surface area contributed by atoms with Crippen LogP contribution in [0.5, 0.6) is 0 Å². The van der Waals surface area contributed by atoms with Gasteiger partial charge in [-0.2, -0.15) is 0 Å². The molecule has 1 fully saturated rings. The Balaban J connectivity index is 1.88. The van der Waals surface area contributed by atoms with Crippen LogP contribution in [0.2, 0.25) is 0 Å². The summed E-state index contributed by atoms with van der Waals surface area (Å²) in [6.07, 6.45) is 1.65. The Kier molecular flexibility index (Phi) is 3.31. The number of aliphatic hydroxyl groups is 1. The molecule has 1 aliphatic rings. The van der Waals surface area contributed by atoms with E-state index in [1.54, 1.807) is 0 Å². The normalized spacial score (nSPS) is 28.2. The van der Waals surface area contributed by atoms with Gasteiger partial charge in [0.15, 0.2) is 0 Å². The van der Waals surface area contributed by atoms with Gasteiger partial charge in [0.25, 0.3) is 0 Å². The number of rotatable bonds is 3. The third kappa shape index (κ3) is 2.45. The number of ether oxygens (including phenoxy) is 1. The topological polar surface area (TPSA) is 29.5 Å². The molecule has 0 heterocycles. The first kappa shape index (κ1) is 11.6. The SMILES string of the molecule is CC1(C)CCC(OCc2ccccc2)C1O. The first-order chi connectivity index (χ1) is 7.59. The molecule has 0 radical (unpaired) electrons. The Labute approximate surface area is 97.3 Å². The van der Waals surface area contributed by atoms with Crippen molar-refractivity contribution in [3.63, 3.8) is 0 Å². The molecule has 0 bridgehead atoms. The summed E-state index contributed by atoms with van der Waals surface area (Å²) in [6, 6.07) is 10.1. The Hall–Kier alpha value is -0.860. The van der Waals surface area contributed by atoms with Gasteiger partial charge in [-0.1, -0.05) is 44.2 Å². The van der Waals surface area contributed by atoms with Crippen molar-refractivity contribution in [1.82, 2.24) is 0 Å². The summed E-state index contributed by atoms with van der Waals surface area (Å²) < 4.78 is 5.79. The molecule has 2 rings (SSSR count). The monoisotopic (exact) mass is 220 g/mol. The fraction of sp³-hybridized carbons (Fsp3) is 0.571. The average Bonchev–Trinajstić information content (AvgIpc) is 2.54. The highest BCUT2D eigenvalue weighted by molar-refractivity contribution is 5.13. The number of hydrogen-bond acceptors (Lipinski definition) is 2. The van der Waals surface area contributed by atoms with Crippen LogP contribution in [-0.4, -0.2) is 17.3 Å². The van der Waals surface area contributed by atoms with Crippen LogP contribution in [0.4, 0.5) is 0 Å². The molecule has 1 N–H and O–H groups in total. The Morgan fingerprint density at radius 2 is 2.00 bits per heavy atom. The molecule has 2 atom stereocenters. The highest BCUT2D eigenvalue weighted by Gasteiger charge is 2.41. The van der Waals surface area contributed by atoms with Crippen molar-refractivity contribution in [3.05, 3.63) is 35.9 Å². The molecule has 2 unspecified atom stereocenters. The first-order valence-corrected chi connectivity index (χ1v) is 5.93.